The minimum absolute atomic E-state index is 0.0377. The molecule has 1 heterocycles. The van der Waals surface area contributed by atoms with E-state index in [4.69, 9.17) is 16.7 Å². The summed E-state index contributed by atoms with van der Waals surface area (Å²) in [5.74, 6) is 0. The van der Waals surface area contributed by atoms with Gasteiger partial charge in [-0.25, -0.2) is 0 Å². The quantitative estimate of drug-likeness (QED) is 0.452. The van der Waals surface area contributed by atoms with Crippen LogP contribution in [0.15, 0.2) is 12.1 Å². The Morgan fingerprint density at radius 1 is 1.54 bits per heavy atom. The van der Waals surface area contributed by atoms with Crippen LogP contribution in [0.2, 0.25) is 5.15 Å². The molecule has 3 nitrogen and oxygen atoms in total. The third-order valence-electron chi connectivity index (χ3n) is 1.93. The van der Waals surface area contributed by atoms with E-state index in [1.807, 2.05) is 13.0 Å². The van der Waals surface area contributed by atoms with Crippen LogP contribution in [0.1, 0.15) is 18.2 Å². The molecule has 0 amide bonds. The molecule has 0 fully saturated rings. The lowest BCUT2D eigenvalue weighted by Crippen LogP contribution is -2.34. The first-order valence-electron chi connectivity index (χ1n) is 4.21. The first-order chi connectivity index (χ1) is 6.20. The molecule has 0 bridgehead atoms. The van der Waals surface area contributed by atoms with Crippen LogP contribution in [0.5, 0.6) is 0 Å². The van der Waals surface area contributed by atoms with E-state index in [0.29, 0.717) is 16.8 Å². The molecule has 1 rings (SSSR count). The van der Waals surface area contributed by atoms with E-state index in [1.165, 1.54) is 0 Å². The van der Waals surface area contributed by atoms with Gasteiger partial charge in [0.1, 0.15) is 0 Å². The number of aryl methyl sites for hydroxylation is 1. The van der Waals surface area contributed by atoms with Crippen LogP contribution >= 0.6 is 11.6 Å². The summed E-state index contributed by atoms with van der Waals surface area (Å²) >= 11 is 5.80. The second-order valence-corrected chi connectivity index (χ2v) is 3.12. The highest BCUT2D eigenvalue weighted by Crippen LogP contribution is 2.12. The molecule has 0 aliphatic heterocycles. The monoisotopic (exact) mass is 201 g/mol. The van der Waals surface area contributed by atoms with Crippen molar-refractivity contribution >= 4 is 11.6 Å². The Labute approximate surface area is 82.2 Å². The Kier molecular flexibility index (Phi) is 3.51. The van der Waals surface area contributed by atoms with Gasteiger partial charge in [0.2, 0.25) is 0 Å². The normalized spacial score (nSPS) is 10.4. The van der Waals surface area contributed by atoms with Crippen molar-refractivity contribution in [2.24, 2.45) is 0 Å². The van der Waals surface area contributed by atoms with Gasteiger partial charge in [-0.2, -0.15) is 4.73 Å². The van der Waals surface area contributed by atoms with Crippen LogP contribution in [0.4, 0.5) is 0 Å². The standard InChI is InChI=1S/C9H12ClNO2/c1-2-7-3-4-8(5-6-12)11(13)9(7)10/h3-4,12H,2,5-6H2,1H3. The highest BCUT2D eigenvalue weighted by Gasteiger charge is 2.12. The van der Waals surface area contributed by atoms with Gasteiger partial charge in [-0.05, 0) is 24.1 Å². The second-order valence-electron chi connectivity index (χ2n) is 2.76. The fourth-order valence-electron chi connectivity index (χ4n) is 1.15. The minimum atomic E-state index is -0.0377. The molecule has 0 spiro atoms. The number of halogens is 1. The molecule has 72 valence electrons. The largest absolute Gasteiger partial charge is 0.617 e. The maximum absolute atomic E-state index is 11.4. The van der Waals surface area contributed by atoms with Gasteiger partial charge >= 0.3 is 0 Å². The Hall–Kier alpha value is -0.800. The fraction of sp³-hybridized carbons (Fsp3) is 0.444. The third kappa shape index (κ3) is 2.11. The van der Waals surface area contributed by atoms with E-state index in [2.05, 4.69) is 0 Å². The maximum Gasteiger partial charge on any atom is 0.289 e. The van der Waals surface area contributed by atoms with Crippen molar-refractivity contribution in [2.75, 3.05) is 6.61 Å². The van der Waals surface area contributed by atoms with Gasteiger partial charge in [0.25, 0.3) is 5.15 Å². The lowest BCUT2D eigenvalue weighted by molar-refractivity contribution is -0.612. The van der Waals surface area contributed by atoms with Crippen molar-refractivity contribution in [3.63, 3.8) is 0 Å². The molecular formula is C9H12ClNO2. The Bertz CT molecular complexity index is 302. The molecule has 0 aromatic carbocycles. The zero-order valence-corrected chi connectivity index (χ0v) is 8.21. The first kappa shape index (κ1) is 10.3. The van der Waals surface area contributed by atoms with Gasteiger partial charge in [-0.15, -0.1) is 0 Å². The van der Waals surface area contributed by atoms with Crippen LogP contribution in [0.3, 0.4) is 0 Å². The van der Waals surface area contributed by atoms with Gasteiger partial charge in [0, 0.05) is 11.6 Å². The minimum Gasteiger partial charge on any atom is -0.617 e. The topological polar surface area (TPSA) is 47.2 Å². The van der Waals surface area contributed by atoms with E-state index in [1.54, 1.807) is 6.07 Å². The van der Waals surface area contributed by atoms with Crippen molar-refractivity contribution in [2.45, 2.75) is 19.8 Å². The summed E-state index contributed by atoms with van der Waals surface area (Å²) in [6, 6.07) is 3.52. The number of aliphatic hydroxyl groups excluding tert-OH is 1. The highest BCUT2D eigenvalue weighted by atomic mass is 35.5. The molecule has 1 aromatic heterocycles. The van der Waals surface area contributed by atoms with E-state index >= 15 is 0 Å². The van der Waals surface area contributed by atoms with Crippen molar-refractivity contribution in [3.05, 3.63) is 33.8 Å². The number of aliphatic hydroxyl groups is 1. The lowest BCUT2D eigenvalue weighted by Gasteiger charge is -2.07. The predicted molar refractivity (Wildman–Crippen MR) is 50.6 cm³/mol. The summed E-state index contributed by atoms with van der Waals surface area (Å²) in [5.41, 5.74) is 1.34. The van der Waals surface area contributed by atoms with Crippen LogP contribution in [-0.4, -0.2) is 11.7 Å². The Morgan fingerprint density at radius 3 is 2.77 bits per heavy atom. The molecule has 0 saturated heterocycles. The third-order valence-corrected chi connectivity index (χ3v) is 2.33. The Morgan fingerprint density at radius 2 is 2.23 bits per heavy atom. The summed E-state index contributed by atoms with van der Waals surface area (Å²) in [6.45, 7) is 1.90. The summed E-state index contributed by atoms with van der Waals surface area (Å²) in [5, 5.41) is 20.3. The average Bonchev–Trinajstić information content (AvgIpc) is 2.14. The van der Waals surface area contributed by atoms with Crippen LogP contribution in [-0.2, 0) is 12.8 Å². The van der Waals surface area contributed by atoms with Crippen molar-refractivity contribution < 1.29 is 9.84 Å². The summed E-state index contributed by atoms with van der Waals surface area (Å²) < 4.78 is 0.677. The number of rotatable bonds is 3. The van der Waals surface area contributed by atoms with Crippen molar-refractivity contribution in [1.29, 1.82) is 0 Å². The second kappa shape index (κ2) is 4.44. The molecule has 0 unspecified atom stereocenters. The van der Waals surface area contributed by atoms with E-state index in [-0.39, 0.29) is 11.8 Å². The Balaban J connectivity index is 3.07. The van der Waals surface area contributed by atoms with Crippen LogP contribution < -0.4 is 4.73 Å². The summed E-state index contributed by atoms with van der Waals surface area (Å²) in [6.07, 6.45) is 1.08. The molecule has 0 radical (unpaired) electrons. The molecule has 0 saturated carbocycles. The number of nitrogens with zero attached hydrogens (tertiary/aromatic N) is 1. The summed E-state index contributed by atoms with van der Waals surface area (Å²) in [4.78, 5) is 0. The maximum atomic E-state index is 11.4. The number of aromatic nitrogens is 1. The van der Waals surface area contributed by atoms with Crippen LogP contribution in [0.25, 0.3) is 0 Å². The van der Waals surface area contributed by atoms with Gasteiger partial charge in [0.15, 0.2) is 5.69 Å². The molecule has 0 atom stereocenters. The average molecular weight is 202 g/mol. The van der Waals surface area contributed by atoms with Crippen LogP contribution in [0, 0.1) is 5.21 Å². The van der Waals surface area contributed by atoms with Crippen molar-refractivity contribution in [1.82, 2.24) is 0 Å². The number of pyridine rings is 1. The summed E-state index contributed by atoms with van der Waals surface area (Å²) in [7, 11) is 0. The lowest BCUT2D eigenvalue weighted by atomic mass is 10.2. The first-order valence-corrected chi connectivity index (χ1v) is 4.59. The van der Waals surface area contributed by atoms with Crippen molar-refractivity contribution in [3.8, 4) is 0 Å². The zero-order chi connectivity index (χ0) is 9.84. The highest BCUT2D eigenvalue weighted by molar-refractivity contribution is 6.29. The molecule has 1 aromatic rings. The molecule has 4 heteroatoms. The van der Waals surface area contributed by atoms with Gasteiger partial charge in [-0.3, -0.25) is 0 Å². The molecule has 1 N–H and O–H groups in total. The fourth-order valence-corrected chi connectivity index (χ4v) is 1.46. The van der Waals surface area contributed by atoms with E-state index in [9.17, 15) is 5.21 Å². The molecular weight excluding hydrogens is 190 g/mol. The zero-order valence-electron chi connectivity index (χ0n) is 7.46. The smallest absolute Gasteiger partial charge is 0.289 e. The molecule has 0 aliphatic rings. The van der Waals surface area contributed by atoms with Gasteiger partial charge < -0.3 is 10.3 Å². The van der Waals surface area contributed by atoms with Gasteiger partial charge in [0.05, 0.1) is 13.0 Å². The SMILES string of the molecule is CCc1ccc(CCO)[n+]([O-])c1Cl. The molecule has 0 aliphatic carbocycles. The van der Waals surface area contributed by atoms with E-state index < -0.39 is 0 Å². The van der Waals surface area contributed by atoms with Gasteiger partial charge in [-0.1, -0.05) is 6.92 Å². The predicted octanol–water partition coefficient (Wildman–Crippen LogP) is 1.07. The number of hydrogen-bond acceptors (Lipinski definition) is 2. The van der Waals surface area contributed by atoms with E-state index in [0.717, 1.165) is 12.0 Å². The number of hydrogen-bond donors (Lipinski definition) is 1. The molecule has 13 heavy (non-hydrogen) atoms.